The van der Waals surface area contributed by atoms with E-state index in [9.17, 15) is 0 Å². The Hall–Kier alpha value is -2.37. The molecule has 0 aliphatic carbocycles. The highest BCUT2D eigenvalue weighted by Crippen LogP contribution is 2.25. The molecule has 3 N–H and O–H groups in total. The van der Waals surface area contributed by atoms with E-state index in [0.717, 1.165) is 37.5 Å². The van der Waals surface area contributed by atoms with Crippen LogP contribution in [0, 0.1) is 0 Å². The van der Waals surface area contributed by atoms with Crippen molar-refractivity contribution >= 4 is 11.6 Å². The van der Waals surface area contributed by atoms with Gasteiger partial charge in [0.25, 0.3) is 0 Å². The van der Waals surface area contributed by atoms with Gasteiger partial charge in [0.2, 0.25) is 0 Å². The highest BCUT2D eigenvalue weighted by Gasteiger charge is 2.07. The van der Waals surface area contributed by atoms with Crippen LogP contribution in [0.1, 0.15) is 23.6 Å². The summed E-state index contributed by atoms with van der Waals surface area (Å²) in [4.78, 5) is 2.22. The van der Waals surface area contributed by atoms with E-state index in [1.165, 1.54) is 11.1 Å². The van der Waals surface area contributed by atoms with E-state index in [-0.39, 0.29) is 0 Å². The van der Waals surface area contributed by atoms with Gasteiger partial charge in [-0.05, 0) is 36.9 Å². The number of nitrogens with two attached hydrogens (primary N) is 1. The molecule has 0 atom stereocenters. The van der Waals surface area contributed by atoms with Crippen molar-refractivity contribution in [3.63, 3.8) is 0 Å². The lowest BCUT2D eigenvalue weighted by Crippen LogP contribution is -2.24. The van der Waals surface area contributed by atoms with Crippen molar-refractivity contribution in [1.29, 1.82) is 0 Å². The first-order chi connectivity index (χ1) is 15.1. The summed E-state index contributed by atoms with van der Waals surface area (Å²) in [6.45, 7) is 6.87. The Bertz CT molecular complexity index is 859. The van der Waals surface area contributed by atoms with E-state index >= 15 is 0 Å². The lowest BCUT2D eigenvalue weighted by molar-refractivity contribution is 0.231. The Kier molecular flexibility index (Phi) is 11.7. The van der Waals surface area contributed by atoms with Gasteiger partial charge in [0, 0.05) is 36.8 Å². The number of nitrogens with zero attached hydrogens (tertiary/aromatic N) is 1. The van der Waals surface area contributed by atoms with Crippen LogP contribution in [0.15, 0.2) is 78.9 Å². The second kappa shape index (κ2) is 14.6. The van der Waals surface area contributed by atoms with Gasteiger partial charge in [0.05, 0.1) is 0 Å². The molecule has 31 heavy (non-hydrogen) atoms. The van der Waals surface area contributed by atoms with E-state index in [0.29, 0.717) is 18.2 Å². The SMILES string of the molecule is CCNCc1ccccc1.CN(CCOc1cccc(Cl)c1CN)Cc1ccccc1. The van der Waals surface area contributed by atoms with Crippen LogP contribution in [0.4, 0.5) is 0 Å². The maximum atomic E-state index is 6.11. The number of hydrogen-bond donors (Lipinski definition) is 2. The summed E-state index contributed by atoms with van der Waals surface area (Å²) in [6, 6.07) is 26.4. The number of likely N-dealkylation sites (N-methyl/N-ethyl adjacent to an activating group) is 1. The molecule has 0 aliphatic heterocycles. The molecule has 166 valence electrons. The zero-order valence-electron chi connectivity index (χ0n) is 18.6. The van der Waals surface area contributed by atoms with Crippen molar-refractivity contribution in [2.45, 2.75) is 26.6 Å². The Labute approximate surface area is 192 Å². The molecule has 0 bridgehead atoms. The molecule has 0 aromatic heterocycles. The van der Waals surface area contributed by atoms with Crippen LogP contribution < -0.4 is 15.8 Å². The average molecular weight is 440 g/mol. The van der Waals surface area contributed by atoms with Crippen molar-refractivity contribution in [3.8, 4) is 5.75 Å². The number of rotatable bonds is 10. The zero-order chi connectivity index (χ0) is 22.3. The van der Waals surface area contributed by atoms with Crippen LogP contribution in [-0.4, -0.2) is 31.6 Å². The molecule has 0 fully saturated rings. The lowest BCUT2D eigenvalue weighted by atomic mass is 10.2. The molecule has 0 amide bonds. The summed E-state index contributed by atoms with van der Waals surface area (Å²) in [5.41, 5.74) is 9.22. The van der Waals surface area contributed by atoms with Gasteiger partial charge in [0.15, 0.2) is 0 Å². The van der Waals surface area contributed by atoms with E-state index in [2.05, 4.69) is 72.7 Å². The van der Waals surface area contributed by atoms with Gasteiger partial charge in [-0.3, -0.25) is 4.90 Å². The predicted molar refractivity (Wildman–Crippen MR) is 131 cm³/mol. The van der Waals surface area contributed by atoms with Gasteiger partial charge in [0.1, 0.15) is 12.4 Å². The van der Waals surface area contributed by atoms with Gasteiger partial charge in [-0.1, -0.05) is 85.3 Å². The molecule has 0 heterocycles. The topological polar surface area (TPSA) is 50.5 Å². The normalized spacial score (nSPS) is 10.5. The first-order valence-electron chi connectivity index (χ1n) is 10.7. The fourth-order valence-electron chi connectivity index (χ4n) is 3.02. The largest absolute Gasteiger partial charge is 0.492 e. The maximum Gasteiger partial charge on any atom is 0.125 e. The molecule has 0 unspecified atom stereocenters. The number of hydrogen-bond acceptors (Lipinski definition) is 4. The minimum Gasteiger partial charge on any atom is -0.492 e. The minimum atomic E-state index is 0.384. The molecule has 0 saturated heterocycles. The van der Waals surface area contributed by atoms with Crippen molar-refractivity contribution in [1.82, 2.24) is 10.2 Å². The summed E-state index contributed by atoms with van der Waals surface area (Å²) in [5.74, 6) is 0.776. The van der Waals surface area contributed by atoms with Crippen molar-refractivity contribution in [2.24, 2.45) is 5.73 Å². The van der Waals surface area contributed by atoms with Gasteiger partial charge in [-0.15, -0.1) is 0 Å². The number of nitrogens with one attached hydrogen (secondary N) is 1. The van der Waals surface area contributed by atoms with Gasteiger partial charge in [-0.2, -0.15) is 0 Å². The summed E-state index contributed by atoms with van der Waals surface area (Å²) >= 11 is 6.11. The van der Waals surface area contributed by atoms with E-state index < -0.39 is 0 Å². The zero-order valence-corrected chi connectivity index (χ0v) is 19.3. The van der Waals surface area contributed by atoms with E-state index in [1.807, 2.05) is 30.3 Å². The molecular weight excluding hydrogens is 406 g/mol. The second-order valence-electron chi connectivity index (χ2n) is 7.26. The quantitative estimate of drug-likeness (QED) is 0.461. The molecule has 5 heteroatoms. The maximum absolute atomic E-state index is 6.11. The molecule has 3 aromatic carbocycles. The number of benzene rings is 3. The molecule has 0 radical (unpaired) electrons. The summed E-state index contributed by atoms with van der Waals surface area (Å²) in [5, 5.41) is 3.92. The van der Waals surface area contributed by atoms with Crippen LogP contribution in [0.5, 0.6) is 5.75 Å². The van der Waals surface area contributed by atoms with Crippen LogP contribution in [-0.2, 0) is 19.6 Å². The third kappa shape index (κ3) is 9.53. The van der Waals surface area contributed by atoms with Crippen LogP contribution in [0.25, 0.3) is 0 Å². The molecule has 3 aromatic rings. The molecular formula is C26H34ClN3O. The van der Waals surface area contributed by atoms with E-state index in [1.54, 1.807) is 0 Å². The monoisotopic (exact) mass is 439 g/mol. The van der Waals surface area contributed by atoms with E-state index in [4.69, 9.17) is 22.1 Å². The van der Waals surface area contributed by atoms with Crippen LogP contribution >= 0.6 is 11.6 Å². The Morgan fingerprint density at radius 1 is 0.903 bits per heavy atom. The predicted octanol–water partition coefficient (Wildman–Crippen LogP) is 5.11. The second-order valence-corrected chi connectivity index (χ2v) is 7.67. The molecule has 0 saturated carbocycles. The van der Waals surface area contributed by atoms with Crippen molar-refractivity contribution in [3.05, 3.63) is 101 Å². The lowest BCUT2D eigenvalue weighted by Gasteiger charge is -2.18. The van der Waals surface area contributed by atoms with Gasteiger partial charge < -0.3 is 15.8 Å². The first-order valence-corrected chi connectivity index (χ1v) is 11.1. The summed E-state index contributed by atoms with van der Waals surface area (Å²) < 4.78 is 5.81. The Morgan fingerprint density at radius 2 is 1.55 bits per heavy atom. The first kappa shape index (κ1) is 24.9. The van der Waals surface area contributed by atoms with Gasteiger partial charge >= 0.3 is 0 Å². The third-order valence-corrected chi connectivity index (χ3v) is 5.08. The third-order valence-electron chi connectivity index (χ3n) is 4.73. The summed E-state index contributed by atoms with van der Waals surface area (Å²) in [7, 11) is 2.08. The molecule has 3 rings (SSSR count). The molecule has 0 spiro atoms. The fraction of sp³-hybridized carbons (Fsp3) is 0.308. The smallest absolute Gasteiger partial charge is 0.125 e. The average Bonchev–Trinajstić information content (AvgIpc) is 2.79. The summed E-state index contributed by atoms with van der Waals surface area (Å²) in [6.07, 6.45) is 0. The Balaban J connectivity index is 0.000000285. The number of halogens is 1. The minimum absolute atomic E-state index is 0.384. The Morgan fingerprint density at radius 3 is 2.16 bits per heavy atom. The van der Waals surface area contributed by atoms with Crippen molar-refractivity contribution in [2.75, 3.05) is 26.7 Å². The van der Waals surface area contributed by atoms with Crippen molar-refractivity contribution < 1.29 is 4.74 Å². The van der Waals surface area contributed by atoms with Gasteiger partial charge in [-0.25, -0.2) is 0 Å². The highest BCUT2D eigenvalue weighted by atomic mass is 35.5. The van der Waals surface area contributed by atoms with Crippen LogP contribution in [0.3, 0.4) is 0 Å². The fourth-order valence-corrected chi connectivity index (χ4v) is 3.27. The highest BCUT2D eigenvalue weighted by molar-refractivity contribution is 6.31. The van der Waals surface area contributed by atoms with Crippen LogP contribution in [0.2, 0.25) is 5.02 Å². The number of ether oxygens (including phenoxy) is 1. The molecule has 0 aliphatic rings. The standard InChI is InChI=1S/C17H21ClN2O.C9H13N/c1-20(13-14-6-3-2-4-7-14)10-11-21-17-9-5-8-16(18)15(17)12-19;1-2-10-8-9-6-4-3-5-7-9/h2-9H,10-13,19H2,1H3;3-7,10H,2,8H2,1H3. The molecule has 4 nitrogen and oxygen atoms in total.